The van der Waals surface area contributed by atoms with Gasteiger partial charge >= 0.3 is 29.0 Å². The van der Waals surface area contributed by atoms with E-state index in [9.17, 15) is 4.79 Å². The van der Waals surface area contributed by atoms with Crippen LogP contribution in [0.2, 0.25) is 0 Å². The number of hydrogen-bond donors (Lipinski definition) is 4. The fraction of sp³-hybridized carbons (Fsp3) is 0.750. The van der Waals surface area contributed by atoms with Gasteiger partial charge in [-0.05, 0) is 0 Å². The summed E-state index contributed by atoms with van der Waals surface area (Å²) in [5.74, 6) is -3.98. The Kier molecular flexibility index (Phi) is 7.06. The molecule has 0 rings (SSSR count). The molecule has 64 valence electrons. The standard InChI is InChI=1S/C4H9NO5.Mg.2H/c5-2-10-3(6)1-4(7,8)9;;;/h7-9H,1-2,5H2;;;/q;+2;2*-1. The van der Waals surface area contributed by atoms with Crippen molar-refractivity contribution in [2.75, 3.05) is 6.73 Å². The van der Waals surface area contributed by atoms with Crippen molar-refractivity contribution >= 4 is 29.0 Å². The molecule has 0 aromatic rings. The molecule has 0 amide bonds. The number of carbonyl (C=O) groups is 1. The van der Waals surface area contributed by atoms with Crippen LogP contribution in [-0.2, 0) is 9.53 Å². The van der Waals surface area contributed by atoms with Gasteiger partial charge in [0, 0.05) is 0 Å². The Hall–Kier alpha value is 0.0762. The van der Waals surface area contributed by atoms with Gasteiger partial charge in [-0.2, -0.15) is 0 Å². The molecule has 11 heavy (non-hydrogen) atoms. The Bertz CT molecular complexity index is 130. The van der Waals surface area contributed by atoms with Gasteiger partial charge < -0.3 is 22.9 Å². The molecule has 0 aliphatic carbocycles. The number of ether oxygens (including phenoxy) is 1. The molecule has 0 fully saturated rings. The molecule has 5 N–H and O–H groups in total. The van der Waals surface area contributed by atoms with Gasteiger partial charge in [-0.15, -0.1) is 0 Å². The van der Waals surface area contributed by atoms with E-state index < -0.39 is 18.4 Å². The third kappa shape index (κ3) is 10.1. The van der Waals surface area contributed by atoms with Crippen molar-refractivity contribution in [1.29, 1.82) is 0 Å². The second kappa shape index (κ2) is 5.69. The first-order valence-electron chi connectivity index (χ1n) is 2.48. The molecule has 0 spiro atoms. The van der Waals surface area contributed by atoms with Crippen LogP contribution in [0.15, 0.2) is 0 Å². The maximum Gasteiger partial charge on any atom is 2.00 e. The summed E-state index contributed by atoms with van der Waals surface area (Å²) in [7, 11) is 0. The molecule has 0 radical (unpaired) electrons. The van der Waals surface area contributed by atoms with Crippen molar-refractivity contribution in [3.8, 4) is 0 Å². The minimum Gasteiger partial charge on any atom is -1.00 e. The van der Waals surface area contributed by atoms with Gasteiger partial charge in [0.25, 0.3) is 5.97 Å². The smallest absolute Gasteiger partial charge is 1.00 e. The normalized spacial score (nSPS) is 10.2. The Labute approximate surface area is 82.1 Å². The zero-order chi connectivity index (χ0) is 8.20. The van der Waals surface area contributed by atoms with Gasteiger partial charge in [0.1, 0.15) is 13.2 Å². The maximum absolute atomic E-state index is 10.3. The monoisotopic (exact) mass is 177 g/mol. The minimum absolute atomic E-state index is 0. The maximum atomic E-state index is 10.3. The molecule has 0 atom stereocenters. The van der Waals surface area contributed by atoms with Gasteiger partial charge in [-0.1, -0.05) is 0 Å². The third-order valence-corrected chi connectivity index (χ3v) is 0.626. The molecule has 0 aromatic heterocycles. The zero-order valence-corrected chi connectivity index (χ0v) is 7.27. The number of esters is 1. The molecule has 0 unspecified atom stereocenters. The molecule has 0 bridgehead atoms. The average Bonchev–Trinajstić information content (AvgIpc) is 1.59. The van der Waals surface area contributed by atoms with E-state index in [-0.39, 0.29) is 32.6 Å². The second-order valence-electron chi connectivity index (χ2n) is 1.63. The van der Waals surface area contributed by atoms with E-state index in [0.29, 0.717) is 0 Å². The van der Waals surface area contributed by atoms with Crippen molar-refractivity contribution in [1.82, 2.24) is 0 Å². The van der Waals surface area contributed by atoms with Crippen LogP contribution in [0.3, 0.4) is 0 Å². The number of nitrogens with two attached hydrogens (primary N) is 1. The van der Waals surface area contributed by atoms with E-state index in [4.69, 9.17) is 21.1 Å². The summed E-state index contributed by atoms with van der Waals surface area (Å²) in [6.07, 6.45) is -0.913. The zero-order valence-electron chi connectivity index (χ0n) is 7.86. The first kappa shape index (κ1) is 13.7. The fourth-order valence-corrected chi connectivity index (χ4v) is 0.338. The molecule has 0 heterocycles. The third-order valence-electron chi connectivity index (χ3n) is 0.626. The van der Waals surface area contributed by atoms with Crippen LogP contribution in [0.1, 0.15) is 9.27 Å². The summed E-state index contributed by atoms with van der Waals surface area (Å²) in [5, 5.41) is 24.6. The first-order chi connectivity index (χ1) is 4.45. The van der Waals surface area contributed by atoms with Crippen molar-refractivity contribution in [3.63, 3.8) is 0 Å². The summed E-state index contributed by atoms with van der Waals surface area (Å²) in [6, 6.07) is 0. The molecular weight excluding hydrogens is 166 g/mol. The average molecular weight is 177 g/mol. The van der Waals surface area contributed by atoms with Gasteiger partial charge in [-0.3, -0.25) is 10.5 Å². The van der Waals surface area contributed by atoms with Crippen molar-refractivity contribution < 1.29 is 27.7 Å². The van der Waals surface area contributed by atoms with Gasteiger partial charge in [0.05, 0.1) is 0 Å². The Morgan fingerprint density at radius 2 is 2.00 bits per heavy atom. The Balaban J connectivity index is -0.000000135. The van der Waals surface area contributed by atoms with Crippen LogP contribution in [0, 0.1) is 0 Å². The van der Waals surface area contributed by atoms with E-state index in [0.717, 1.165) is 0 Å². The Morgan fingerprint density at radius 3 is 2.27 bits per heavy atom. The van der Waals surface area contributed by atoms with Gasteiger partial charge in [0.2, 0.25) is 0 Å². The van der Waals surface area contributed by atoms with E-state index in [1.807, 2.05) is 0 Å². The topological polar surface area (TPSA) is 113 Å². The number of aliphatic hydroxyl groups is 3. The summed E-state index contributed by atoms with van der Waals surface area (Å²) >= 11 is 0. The van der Waals surface area contributed by atoms with Gasteiger partial charge in [-0.25, -0.2) is 0 Å². The summed E-state index contributed by atoms with van der Waals surface area (Å²) in [4.78, 5) is 10.3. The quantitative estimate of drug-likeness (QED) is 0.212. The summed E-state index contributed by atoms with van der Waals surface area (Å²) in [6.45, 7) is -0.352. The van der Waals surface area contributed by atoms with E-state index >= 15 is 0 Å². The first-order valence-corrected chi connectivity index (χ1v) is 2.48. The molecule has 0 aliphatic rings. The molecular formula is C4H11MgNO5. The van der Waals surface area contributed by atoms with E-state index in [2.05, 4.69) is 4.74 Å². The minimum atomic E-state index is -3.01. The molecule has 0 aliphatic heterocycles. The fourth-order valence-electron chi connectivity index (χ4n) is 0.338. The Morgan fingerprint density at radius 1 is 1.55 bits per heavy atom. The van der Waals surface area contributed by atoms with Gasteiger partial charge in [0.15, 0.2) is 0 Å². The second-order valence-corrected chi connectivity index (χ2v) is 1.63. The molecule has 0 aromatic carbocycles. The van der Waals surface area contributed by atoms with Crippen LogP contribution in [0.5, 0.6) is 0 Å². The van der Waals surface area contributed by atoms with E-state index in [1.54, 1.807) is 0 Å². The molecule has 0 saturated carbocycles. The van der Waals surface area contributed by atoms with Crippen LogP contribution >= 0.6 is 0 Å². The van der Waals surface area contributed by atoms with Crippen molar-refractivity contribution in [2.24, 2.45) is 5.73 Å². The van der Waals surface area contributed by atoms with Crippen LogP contribution in [-0.4, -0.2) is 57.0 Å². The molecule has 7 heteroatoms. The number of carbonyl (C=O) groups excluding carboxylic acids is 1. The summed E-state index contributed by atoms with van der Waals surface area (Å²) < 4.78 is 4.08. The van der Waals surface area contributed by atoms with Crippen LogP contribution in [0.25, 0.3) is 0 Å². The number of rotatable bonds is 3. The van der Waals surface area contributed by atoms with Crippen molar-refractivity contribution in [2.45, 2.75) is 12.4 Å². The predicted molar refractivity (Wildman–Crippen MR) is 37.1 cm³/mol. The SMILES string of the molecule is NCOC(=O)CC(O)(O)O.[H-].[H-].[Mg+2]. The molecule has 6 nitrogen and oxygen atoms in total. The number of hydrogen-bond acceptors (Lipinski definition) is 6. The predicted octanol–water partition coefficient (Wildman–Crippen LogP) is -2.69. The van der Waals surface area contributed by atoms with E-state index in [1.165, 1.54) is 0 Å². The van der Waals surface area contributed by atoms with Crippen molar-refractivity contribution in [3.05, 3.63) is 0 Å². The largest absolute Gasteiger partial charge is 2.00 e. The van der Waals surface area contributed by atoms with Crippen LogP contribution in [0.4, 0.5) is 0 Å². The molecule has 0 saturated heterocycles. The van der Waals surface area contributed by atoms with Crippen LogP contribution < -0.4 is 5.73 Å². The summed E-state index contributed by atoms with van der Waals surface area (Å²) in [5.41, 5.74) is 4.76.